The average Bonchev–Trinajstić information content (AvgIpc) is 3.11. The quantitative estimate of drug-likeness (QED) is 0.893. The van der Waals surface area contributed by atoms with E-state index in [4.69, 9.17) is 5.11 Å². The Morgan fingerprint density at radius 1 is 1.42 bits per heavy atom. The van der Waals surface area contributed by atoms with Gasteiger partial charge in [0.1, 0.15) is 6.04 Å². The van der Waals surface area contributed by atoms with Crippen molar-refractivity contribution >= 4 is 33.4 Å². The van der Waals surface area contributed by atoms with E-state index in [1.807, 2.05) is 0 Å². The second kappa shape index (κ2) is 4.62. The van der Waals surface area contributed by atoms with E-state index in [2.05, 4.69) is 10.3 Å². The third-order valence-electron chi connectivity index (χ3n) is 3.24. The van der Waals surface area contributed by atoms with Gasteiger partial charge in [0.2, 0.25) is 0 Å². The maximum atomic E-state index is 12.1. The van der Waals surface area contributed by atoms with Gasteiger partial charge in [-0.05, 0) is 37.0 Å². The van der Waals surface area contributed by atoms with Crippen molar-refractivity contribution in [2.45, 2.75) is 18.9 Å². The van der Waals surface area contributed by atoms with Gasteiger partial charge in [0.25, 0.3) is 5.91 Å². The number of hydrogen-bond acceptors (Lipinski definition) is 4. The van der Waals surface area contributed by atoms with Gasteiger partial charge < -0.3 is 10.4 Å². The van der Waals surface area contributed by atoms with Crippen LogP contribution in [0.3, 0.4) is 0 Å². The summed E-state index contributed by atoms with van der Waals surface area (Å²) in [6.45, 7) is 0. The Bertz CT molecular complexity index is 648. The number of benzene rings is 1. The molecule has 1 saturated carbocycles. The molecule has 2 aromatic rings. The predicted octanol–water partition coefficient (Wildman–Crippen LogP) is 1.89. The number of aliphatic carboxylic acids is 1. The lowest BCUT2D eigenvalue weighted by Crippen LogP contribution is -2.42. The number of rotatable bonds is 4. The molecule has 1 aromatic carbocycles. The molecule has 3 rings (SSSR count). The molecular formula is C13H12N2O3S. The fourth-order valence-corrected chi connectivity index (χ4v) is 2.75. The summed E-state index contributed by atoms with van der Waals surface area (Å²) in [5, 5.41) is 11.7. The smallest absolute Gasteiger partial charge is 0.326 e. The molecule has 1 amide bonds. The standard InChI is InChI=1S/C13H12N2O3S/c16-12(15-11(13(17)18)7-1-2-7)8-3-4-9-10(5-8)19-6-14-9/h3-7,11H,1-2H2,(H,15,16)(H,17,18). The van der Waals surface area contributed by atoms with Crippen LogP contribution in [0.2, 0.25) is 0 Å². The molecule has 1 atom stereocenters. The number of carbonyl (C=O) groups excluding carboxylic acids is 1. The molecule has 6 heteroatoms. The highest BCUT2D eigenvalue weighted by atomic mass is 32.1. The Kier molecular flexibility index (Phi) is 2.94. The lowest BCUT2D eigenvalue weighted by Gasteiger charge is -2.13. The first-order valence-electron chi connectivity index (χ1n) is 6.02. The second-order valence-electron chi connectivity index (χ2n) is 4.66. The van der Waals surface area contributed by atoms with E-state index in [1.54, 1.807) is 23.7 Å². The van der Waals surface area contributed by atoms with Crippen molar-refractivity contribution in [1.82, 2.24) is 10.3 Å². The number of carboxylic acids is 1. The van der Waals surface area contributed by atoms with E-state index in [9.17, 15) is 9.59 Å². The Labute approximate surface area is 113 Å². The van der Waals surface area contributed by atoms with Crippen LogP contribution < -0.4 is 5.32 Å². The van der Waals surface area contributed by atoms with Crippen molar-refractivity contribution in [3.8, 4) is 0 Å². The normalized spacial score (nSPS) is 16.2. The maximum absolute atomic E-state index is 12.1. The molecule has 0 saturated heterocycles. The molecule has 1 fully saturated rings. The Balaban J connectivity index is 1.80. The van der Waals surface area contributed by atoms with Gasteiger partial charge in [0.15, 0.2) is 0 Å². The van der Waals surface area contributed by atoms with E-state index < -0.39 is 12.0 Å². The van der Waals surface area contributed by atoms with Gasteiger partial charge in [-0.25, -0.2) is 9.78 Å². The second-order valence-corrected chi connectivity index (χ2v) is 5.55. The van der Waals surface area contributed by atoms with E-state index >= 15 is 0 Å². The molecule has 5 nitrogen and oxygen atoms in total. The average molecular weight is 276 g/mol. The summed E-state index contributed by atoms with van der Waals surface area (Å²) >= 11 is 1.46. The van der Waals surface area contributed by atoms with E-state index in [0.717, 1.165) is 23.1 Å². The third-order valence-corrected chi connectivity index (χ3v) is 4.03. The number of aromatic nitrogens is 1. The molecule has 0 spiro atoms. The highest BCUT2D eigenvalue weighted by Crippen LogP contribution is 2.33. The SMILES string of the molecule is O=C(NC(C(=O)O)C1CC1)c1ccc2ncsc2c1. The minimum atomic E-state index is -0.963. The zero-order chi connectivity index (χ0) is 13.4. The Hall–Kier alpha value is -1.95. The van der Waals surface area contributed by atoms with Crippen LogP contribution in [0.25, 0.3) is 10.2 Å². The number of fused-ring (bicyclic) bond motifs is 1. The summed E-state index contributed by atoms with van der Waals surface area (Å²) < 4.78 is 0.922. The summed E-state index contributed by atoms with van der Waals surface area (Å²) in [4.78, 5) is 27.3. The van der Waals surface area contributed by atoms with Gasteiger partial charge in [-0.1, -0.05) is 0 Å². The highest BCUT2D eigenvalue weighted by Gasteiger charge is 2.37. The van der Waals surface area contributed by atoms with Crippen molar-refractivity contribution in [2.24, 2.45) is 5.92 Å². The monoisotopic (exact) mass is 276 g/mol. The van der Waals surface area contributed by atoms with Gasteiger partial charge in [-0.15, -0.1) is 11.3 Å². The Morgan fingerprint density at radius 3 is 2.89 bits per heavy atom. The van der Waals surface area contributed by atoms with Gasteiger partial charge in [-0.3, -0.25) is 4.79 Å². The van der Waals surface area contributed by atoms with Crippen LogP contribution in [0.5, 0.6) is 0 Å². The van der Waals surface area contributed by atoms with Crippen LogP contribution in [0, 0.1) is 5.92 Å². The van der Waals surface area contributed by atoms with Crippen molar-refractivity contribution < 1.29 is 14.7 Å². The Morgan fingerprint density at radius 2 is 2.21 bits per heavy atom. The first kappa shape index (κ1) is 12.1. The fourth-order valence-electron chi connectivity index (χ4n) is 2.03. The number of thiazole rings is 1. The van der Waals surface area contributed by atoms with Crippen LogP contribution in [0.4, 0.5) is 0 Å². The molecule has 1 aliphatic carbocycles. The van der Waals surface area contributed by atoms with Crippen molar-refractivity contribution in [3.63, 3.8) is 0 Å². The zero-order valence-corrected chi connectivity index (χ0v) is 10.8. The minimum absolute atomic E-state index is 0.0774. The minimum Gasteiger partial charge on any atom is -0.480 e. The predicted molar refractivity (Wildman–Crippen MR) is 71.2 cm³/mol. The summed E-state index contributed by atoms with van der Waals surface area (Å²) in [7, 11) is 0. The van der Waals surface area contributed by atoms with Crippen LogP contribution in [-0.2, 0) is 4.79 Å². The van der Waals surface area contributed by atoms with Gasteiger partial charge in [-0.2, -0.15) is 0 Å². The molecule has 2 N–H and O–H groups in total. The summed E-state index contributed by atoms with van der Waals surface area (Å²) in [5.41, 5.74) is 3.04. The van der Waals surface area contributed by atoms with Gasteiger partial charge in [0, 0.05) is 5.56 Å². The maximum Gasteiger partial charge on any atom is 0.326 e. The number of carbonyl (C=O) groups is 2. The third kappa shape index (κ3) is 2.44. The van der Waals surface area contributed by atoms with Crippen LogP contribution >= 0.6 is 11.3 Å². The molecule has 0 aliphatic heterocycles. The summed E-state index contributed by atoms with van der Waals surface area (Å²) in [6.07, 6.45) is 1.73. The molecule has 0 bridgehead atoms. The number of amides is 1. The van der Waals surface area contributed by atoms with Crippen molar-refractivity contribution in [3.05, 3.63) is 29.3 Å². The van der Waals surface area contributed by atoms with Crippen LogP contribution in [0.15, 0.2) is 23.7 Å². The molecule has 1 aliphatic rings. The molecule has 19 heavy (non-hydrogen) atoms. The molecular weight excluding hydrogens is 264 g/mol. The van der Waals surface area contributed by atoms with E-state index in [-0.39, 0.29) is 11.8 Å². The number of hydrogen-bond donors (Lipinski definition) is 2. The molecule has 98 valence electrons. The largest absolute Gasteiger partial charge is 0.480 e. The van der Waals surface area contributed by atoms with Crippen molar-refractivity contribution in [1.29, 1.82) is 0 Å². The lowest BCUT2D eigenvalue weighted by molar-refractivity contribution is -0.139. The molecule has 1 aromatic heterocycles. The van der Waals surface area contributed by atoms with Crippen LogP contribution in [0.1, 0.15) is 23.2 Å². The molecule has 0 radical (unpaired) electrons. The molecule has 1 unspecified atom stereocenters. The van der Waals surface area contributed by atoms with Crippen LogP contribution in [-0.4, -0.2) is 28.0 Å². The first-order chi connectivity index (χ1) is 9.15. The zero-order valence-electron chi connectivity index (χ0n) is 10.00. The lowest BCUT2D eigenvalue weighted by atomic mass is 10.1. The number of nitrogens with one attached hydrogen (secondary N) is 1. The van der Waals surface area contributed by atoms with E-state index in [1.165, 1.54) is 11.3 Å². The first-order valence-corrected chi connectivity index (χ1v) is 6.90. The summed E-state index contributed by atoms with van der Waals surface area (Å²) in [6, 6.07) is 4.41. The van der Waals surface area contributed by atoms with E-state index in [0.29, 0.717) is 5.56 Å². The van der Waals surface area contributed by atoms with Gasteiger partial charge in [0.05, 0.1) is 15.7 Å². The fraction of sp³-hybridized carbons (Fsp3) is 0.308. The van der Waals surface area contributed by atoms with Crippen molar-refractivity contribution in [2.75, 3.05) is 0 Å². The topological polar surface area (TPSA) is 79.3 Å². The number of nitrogens with zero attached hydrogens (tertiary/aromatic N) is 1. The number of carboxylic acid groups (broad SMARTS) is 1. The molecule has 1 heterocycles. The highest BCUT2D eigenvalue weighted by molar-refractivity contribution is 7.16. The summed E-state index contributed by atoms with van der Waals surface area (Å²) in [5.74, 6) is -1.22. The van der Waals surface area contributed by atoms with Gasteiger partial charge >= 0.3 is 5.97 Å².